The third-order valence-electron chi connectivity index (χ3n) is 7.03. The lowest BCUT2D eigenvalue weighted by atomic mass is 9.70. The van der Waals surface area contributed by atoms with Gasteiger partial charge in [-0.05, 0) is 43.2 Å². The minimum atomic E-state index is -0.401. The minimum absolute atomic E-state index is 0.0608. The first kappa shape index (κ1) is 19.4. The monoisotopic (exact) mass is 384 g/mol. The molecule has 3 aliphatic rings. The summed E-state index contributed by atoms with van der Waals surface area (Å²) in [6.07, 6.45) is 6.20. The van der Waals surface area contributed by atoms with E-state index in [0.717, 1.165) is 50.8 Å². The Morgan fingerprint density at radius 1 is 1.21 bits per heavy atom. The first-order chi connectivity index (χ1) is 13.6. The van der Waals surface area contributed by atoms with Crippen molar-refractivity contribution in [3.8, 4) is 0 Å². The number of carbonyl (C=O) groups excluding carboxylic acids is 2. The molecule has 1 saturated heterocycles. The second kappa shape index (κ2) is 7.86. The Bertz CT molecular complexity index is 741. The van der Waals surface area contributed by atoms with Crippen molar-refractivity contribution in [2.24, 2.45) is 5.92 Å². The molecule has 1 spiro atoms. The molecule has 1 aromatic rings. The summed E-state index contributed by atoms with van der Waals surface area (Å²) in [7, 11) is 1.67. The summed E-state index contributed by atoms with van der Waals surface area (Å²) in [4.78, 5) is 31.4. The van der Waals surface area contributed by atoms with E-state index in [1.165, 1.54) is 6.42 Å². The van der Waals surface area contributed by atoms with Crippen molar-refractivity contribution in [2.45, 2.75) is 56.9 Å². The van der Waals surface area contributed by atoms with Crippen molar-refractivity contribution in [1.82, 2.24) is 9.80 Å². The number of fused-ring (bicyclic) bond motifs is 1. The van der Waals surface area contributed by atoms with Crippen LogP contribution < -0.4 is 0 Å². The molecule has 2 atom stereocenters. The van der Waals surface area contributed by atoms with Gasteiger partial charge in [-0.25, -0.2) is 0 Å². The van der Waals surface area contributed by atoms with Crippen LogP contribution >= 0.6 is 0 Å². The van der Waals surface area contributed by atoms with Crippen molar-refractivity contribution < 1.29 is 14.3 Å². The number of piperidine rings is 1. The van der Waals surface area contributed by atoms with Crippen LogP contribution in [0.4, 0.5) is 0 Å². The zero-order valence-electron chi connectivity index (χ0n) is 17.2. The topological polar surface area (TPSA) is 49.9 Å². The molecule has 5 nitrogen and oxygen atoms in total. The van der Waals surface area contributed by atoms with Gasteiger partial charge in [0, 0.05) is 32.3 Å². The average molecular weight is 385 g/mol. The van der Waals surface area contributed by atoms with Gasteiger partial charge in [0.25, 0.3) is 5.91 Å². The van der Waals surface area contributed by atoms with E-state index in [-0.39, 0.29) is 17.7 Å². The van der Waals surface area contributed by atoms with E-state index in [9.17, 15) is 9.59 Å². The summed E-state index contributed by atoms with van der Waals surface area (Å²) in [5, 5.41) is 0. The summed E-state index contributed by atoms with van der Waals surface area (Å²) in [5.74, 6) is 0.565. The van der Waals surface area contributed by atoms with Gasteiger partial charge in [0.2, 0.25) is 5.91 Å². The Morgan fingerprint density at radius 2 is 1.96 bits per heavy atom. The number of likely N-dealkylation sites (tertiary alicyclic amines) is 1. The van der Waals surface area contributed by atoms with E-state index >= 15 is 0 Å². The Morgan fingerprint density at radius 3 is 2.68 bits per heavy atom. The maximum absolute atomic E-state index is 13.9. The van der Waals surface area contributed by atoms with Crippen LogP contribution in [-0.2, 0) is 9.53 Å². The minimum Gasteiger partial charge on any atom is -0.383 e. The van der Waals surface area contributed by atoms with Crippen molar-refractivity contribution >= 4 is 11.8 Å². The number of methoxy groups -OCH3 is 1. The van der Waals surface area contributed by atoms with Crippen molar-refractivity contribution in [3.63, 3.8) is 0 Å². The lowest BCUT2D eigenvalue weighted by Gasteiger charge is -2.51. The van der Waals surface area contributed by atoms with Gasteiger partial charge < -0.3 is 14.5 Å². The summed E-state index contributed by atoms with van der Waals surface area (Å²) >= 11 is 0. The van der Waals surface area contributed by atoms with Crippen LogP contribution in [0.5, 0.6) is 0 Å². The summed E-state index contributed by atoms with van der Waals surface area (Å²) in [6.45, 7) is 4.94. The van der Waals surface area contributed by atoms with Gasteiger partial charge in [-0.2, -0.15) is 0 Å². The molecule has 5 heteroatoms. The molecule has 152 valence electrons. The van der Waals surface area contributed by atoms with Gasteiger partial charge in [-0.15, -0.1) is 0 Å². The Balaban J connectivity index is 1.79. The van der Waals surface area contributed by atoms with Gasteiger partial charge in [0.15, 0.2) is 0 Å². The van der Waals surface area contributed by atoms with Crippen LogP contribution in [0.1, 0.15) is 67.3 Å². The number of hydrogen-bond donors (Lipinski definition) is 0. The first-order valence-electron chi connectivity index (χ1n) is 10.8. The molecule has 1 aliphatic carbocycles. The molecule has 2 aliphatic heterocycles. The van der Waals surface area contributed by atoms with E-state index < -0.39 is 5.54 Å². The molecule has 1 saturated carbocycles. The highest BCUT2D eigenvalue weighted by atomic mass is 16.5. The normalized spacial score (nSPS) is 26.6. The van der Waals surface area contributed by atoms with Crippen LogP contribution in [0.25, 0.3) is 0 Å². The number of benzene rings is 1. The molecular weight excluding hydrogens is 352 g/mol. The molecular formula is C23H32N2O3. The third-order valence-corrected chi connectivity index (χ3v) is 7.03. The quantitative estimate of drug-likeness (QED) is 0.799. The van der Waals surface area contributed by atoms with Crippen molar-refractivity contribution in [2.75, 3.05) is 33.4 Å². The van der Waals surface area contributed by atoms with Gasteiger partial charge >= 0.3 is 0 Å². The predicted octanol–water partition coefficient (Wildman–Crippen LogP) is 3.44. The molecule has 2 amide bonds. The van der Waals surface area contributed by atoms with Gasteiger partial charge in [0.1, 0.15) is 0 Å². The van der Waals surface area contributed by atoms with Crippen LogP contribution in [0.15, 0.2) is 24.3 Å². The Kier molecular flexibility index (Phi) is 5.46. The largest absolute Gasteiger partial charge is 0.383 e. The van der Waals surface area contributed by atoms with E-state index in [2.05, 4.69) is 11.8 Å². The lowest BCUT2D eigenvalue weighted by Crippen LogP contribution is -2.62. The molecule has 0 radical (unpaired) electrons. The smallest absolute Gasteiger partial charge is 0.254 e. The van der Waals surface area contributed by atoms with E-state index in [1.807, 2.05) is 29.2 Å². The number of rotatable bonds is 4. The fourth-order valence-electron chi connectivity index (χ4n) is 5.72. The van der Waals surface area contributed by atoms with Crippen molar-refractivity contribution in [1.29, 1.82) is 0 Å². The second-order valence-electron chi connectivity index (χ2n) is 8.81. The Hall–Kier alpha value is -1.88. The third kappa shape index (κ3) is 3.14. The van der Waals surface area contributed by atoms with Gasteiger partial charge in [-0.3, -0.25) is 9.59 Å². The fraction of sp³-hybridized carbons (Fsp3) is 0.652. The van der Waals surface area contributed by atoms with Crippen LogP contribution in [0.2, 0.25) is 0 Å². The zero-order chi connectivity index (χ0) is 19.7. The highest BCUT2D eigenvalue weighted by molar-refractivity contribution is 6.02. The molecule has 0 bridgehead atoms. The second-order valence-corrected chi connectivity index (χ2v) is 8.81. The van der Waals surface area contributed by atoms with E-state index in [4.69, 9.17) is 4.74 Å². The molecule has 2 unspecified atom stereocenters. The van der Waals surface area contributed by atoms with E-state index in [1.54, 1.807) is 7.11 Å². The number of hydrogen-bond acceptors (Lipinski definition) is 3. The molecule has 4 rings (SSSR count). The van der Waals surface area contributed by atoms with Crippen molar-refractivity contribution in [3.05, 3.63) is 35.4 Å². The number of ether oxygens (including phenoxy) is 1. The predicted molar refractivity (Wildman–Crippen MR) is 108 cm³/mol. The molecule has 2 fully saturated rings. The highest BCUT2D eigenvalue weighted by Crippen LogP contribution is 2.51. The maximum atomic E-state index is 13.9. The molecule has 2 heterocycles. The fourth-order valence-corrected chi connectivity index (χ4v) is 5.72. The number of nitrogens with zero attached hydrogens (tertiary/aromatic N) is 2. The summed E-state index contributed by atoms with van der Waals surface area (Å²) in [6, 6.07) is 7.77. The summed E-state index contributed by atoms with van der Waals surface area (Å²) < 4.78 is 5.32. The molecule has 28 heavy (non-hydrogen) atoms. The standard InChI is InChI=1S/C23H32N2O3/c1-17-8-7-13-24(16-17)22(27)20-18-9-3-4-10-19(18)21(26)25(14-15-28-2)23(20)11-5-6-12-23/h3-4,9-10,17,20H,5-8,11-16H2,1-2H3. The summed E-state index contributed by atoms with van der Waals surface area (Å²) in [5.41, 5.74) is 1.23. The number of carbonyl (C=O) groups is 2. The van der Waals surface area contributed by atoms with Crippen LogP contribution in [0.3, 0.4) is 0 Å². The zero-order valence-corrected chi connectivity index (χ0v) is 17.2. The average Bonchev–Trinajstić information content (AvgIpc) is 3.18. The lowest BCUT2D eigenvalue weighted by molar-refractivity contribution is -0.138. The first-order valence-corrected chi connectivity index (χ1v) is 10.8. The highest BCUT2D eigenvalue weighted by Gasteiger charge is 2.56. The maximum Gasteiger partial charge on any atom is 0.254 e. The molecule has 0 aromatic heterocycles. The van der Waals surface area contributed by atoms with Crippen LogP contribution in [-0.4, -0.2) is 60.5 Å². The number of amides is 2. The molecule has 0 N–H and O–H groups in total. The molecule has 1 aromatic carbocycles. The van der Waals surface area contributed by atoms with Gasteiger partial charge in [-0.1, -0.05) is 38.0 Å². The van der Waals surface area contributed by atoms with E-state index in [0.29, 0.717) is 24.6 Å². The SMILES string of the molecule is COCCN1C(=O)c2ccccc2C(C(=O)N2CCCC(C)C2)C12CCCC2. The Labute approximate surface area is 168 Å². The van der Waals surface area contributed by atoms with Gasteiger partial charge in [0.05, 0.1) is 18.1 Å². The van der Waals surface area contributed by atoms with Crippen LogP contribution in [0, 0.1) is 5.92 Å².